The molecule has 1 heterocycles. The molecular weight excluding hydrogens is 370 g/mol. The topological polar surface area (TPSA) is 144 Å². The van der Waals surface area contributed by atoms with Gasteiger partial charge >= 0.3 is 5.97 Å². The largest absolute Gasteiger partial charge is 0.494 e. The van der Waals surface area contributed by atoms with Gasteiger partial charge in [0, 0.05) is 17.3 Å². The summed E-state index contributed by atoms with van der Waals surface area (Å²) in [7, 11) is 1.31. The fourth-order valence-corrected chi connectivity index (χ4v) is 2.88. The fourth-order valence-electron chi connectivity index (χ4n) is 2.88. The van der Waals surface area contributed by atoms with E-state index in [1.165, 1.54) is 25.3 Å². The van der Waals surface area contributed by atoms with Crippen molar-refractivity contribution in [1.29, 1.82) is 0 Å². The molecule has 0 spiro atoms. The second-order valence-corrected chi connectivity index (χ2v) is 6.11. The van der Waals surface area contributed by atoms with Crippen molar-refractivity contribution < 1.29 is 29.1 Å². The number of carbonyl (C=O) groups excluding carboxylic acids is 2. The molecular formula is C18H21N3O7. The zero-order chi connectivity index (χ0) is 21.0. The molecule has 0 radical (unpaired) electrons. The van der Waals surface area contributed by atoms with E-state index in [2.05, 4.69) is 10.3 Å². The Hall–Kier alpha value is -3.40. The van der Waals surface area contributed by atoms with Gasteiger partial charge in [0.1, 0.15) is 11.4 Å². The van der Waals surface area contributed by atoms with Crippen LogP contribution >= 0.6 is 0 Å². The number of non-ortho nitro benzene ring substituents is 1. The van der Waals surface area contributed by atoms with E-state index in [0.717, 1.165) is 0 Å². The van der Waals surface area contributed by atoms with Gasteiger partial charge in [-0.3, -0.25) is 14.9 Å². The summed E-state index contributed by atoms with van der Waals surface area (Å²) in [4.78, 5) is 37.4. The maximum Gasteiger partial charge on any atom is 0.355 e. The molecule has 1 amide bonds. The van der Waals surface area contributed by atoms with Gasteiger partial charge in [-0.25, -0.2) is 4.79 Å². The minimum atomic E-state index is -0.754. The third kappa shape index (κ3) is 4.46. The number of aryl methyl sites for hydroxylation is 1. The van der Waals surface area contributed by atoms with E-state index in [-0.39, 0.29) is 22.8 Å². The lowest BCUT2D eigenvalue weighted by molar-refractivity contribution is -0.384. The maximum atomic E-state index is 12.2. The number of methoxy groups -OCH3 is 1. The van der Waals surface area contributed by atoms with Crippen molar-refractivity contribution in [2.24, 2.45) is 0 Å². The molecule has 0 saturated heterocycles. The fraction of sp³-hybridized carbons (Fsp3) is 0.333. The van der Waals surface area contributed by atoms with Crippen molar-refractivity contribution in [2.75, 3.05) is 19.0 Å². The van der Waals surface area contributed by atoms with Gasteiger partial charge in [-0.2, -0.15) is 0 Å². The number of amides is 1. The van der Waals surface area contributed by atoms with Crippen LogP contribution in [0.2, 0.25) is 0 Å². The van der Waals surface area contributed by atoms with Crippen molar-refractivity contribution in [2.45, 2.75) is 26.9 Å². The van der Waals surface area contributed by atoms with Crippen LogP contribution < -0.4 is 10.1 Å². The van der Waals surface area contributed by atoms with Gasteiger partial charge in [0.25, 0.3) is 11.6 Å². The van der Waals surface area contributed by atoms with Gasteiger partial charge in [0.05, 0.1) is 29.9 Å². The van der Waals surface area contributed by atoms with Gasteiger partial charge in [-0.1, -0.05) is 0 Å². The molecule has 2 aromatic rings. The number of esters is 1. The number of carbonyl (C=O) groups is 2. The molecule has 0 aliphatic heterocycles. The first kappa shape index (κ1) is 20.9. The highest BCUT2D eigenvalue weighted by molar-refractivity contribution is 5.96. The number of nitrogens with zero attached hydrogens (tertiary/aromatic N) is 1. The number of benzene rings is 1. The number of nitrogens with one attached hydrogen (secondary N) is 2. The summed E-state index contributed by atoms with van der Waals surface area (Å²) in [5, 5.41) is 23.0. The van der Waals surface area contributed by atoms with Crippen LogP contribution in [0.25, 0.3) is 0 Å². The monoisotopic (exact) mass is 391 g/mol. The van der Waals surface area contributed by atoms with Gasteiger partial charge in [0.2, 0.25) is 0 Å². The van der Waals surface area contributed by atoms with E-state index in [4.69, 9.17) is 9.47 Å². The zero-order valence-electron chi connectivity index (χ0n) is 15.9. The first-order valence-corrected chi connectivity index (χ1v) is 8.32. The normalized spacial score (nSPS) is 11.6. The first-order chi connectivity index (χ1) is 13.1. The molecule has 1 aromatic carbocycles. The van der Waals surface area contributed by atoms with Crippen molar-refractivity contribution in [1.82, 2.24) is 4.98 Å². The van der Waals surface area contributed by atoms with E-state index in [0.29, 0.717) is 16.8 Å². The zero-order valence-corrected chi connectivity index (χ0v) is 15.9. The summed E-state index contributed by atoms with van der Waals surface area (Å²) in [5.74, 6) is -1.28. The number of aliphatic hydroxyl groups is 1. The van der Waals surface area contributed by atoms with E-state index >= 15 is 0 Å². The molecule has 28 heavy (non-hydrogen) atoms. The Morgan fingerprint density at radius 3 is 2.57 bits per heavy atom. The van der Waals surface area contributed by atoms with Crippen LogP contribution in [0.5, 0.6) is 5.75 Å². The summed E-state index contributed by atoms with van der Waals surface area (Å²) in [6, 6.07) is 3.71. The predicted octanol–water partition coefficient (Wildman–Crippen LogP) is 2.40. The molecule has 0 aliphatic rings. The van der Waals surface area contributed by atoms with Gasteiger partial charge in [0.15, 0.2) is 6.61 Å². The van der Waals surface area contributed by atoms with Crippen LogP contribution in [-0.4, -0.2) is 40.6 Å². The Morgan fingerprint density at radius 1 is 1.36 bits per heavy atom. The van der Waals surface area contributed by atoms with E-state index < -0.39 is 29.5 Å². The molecule has 150 valence electrons. The van der Waals surface area contributed by atoms with Crippen molar-refractivity contribution in [3.8, 4) is 5.75 Å². The Balaban J connectivity index is 2.04. The van der Waals surface area contributed by atoms with E-state index in [1.54, 1.807) is 20.8 Å². The standard InChI is InChI=1S/C18H21N3O7/c1-9-16(11(3)22)10(2)19-17(9)18(24)28-8-15(23)20-13-6-5-12(21(25)26)7-14(13)27-4/h5-7,11,19,22H,8H2,1-4H3,(H,20,23)/t11-/m1/s1. The number of aliphatic hydroxyl groups excluding tert-OH is 1. The number of rotatable bonds is 7. The SMILES string of the molecule is COc1cc([N+](=O)[O-])ccc1NC(=O)COC(=O)c1[nH]c(C)c([C@@H](C)O)c1C. The average Bonchev–Trinajstić information content (AvgIpc) is 2.94. The summed E-state index contributed by atoms with van der Waals surface area (Å²) in [6.45, 7) is 4.41. The molecule has 1 aromatic heterocycles. The highest BCUT2D eigenvalue weighted by Gasteiger charge is 2.22. The molecule has 2 rings (SSSR count). The van der Waals surface area contributed by atoms with Crippen molar-refractivity contribution in [3.63, 3.8) is 0 Å². The molecule has 0 fully saturated rings. The third-order valence-corrected chi connectivity index (χ3v) is 4.12. The number of nitro benzene ring substituents is 1. The number of anilines is 1. The highest BCUT2D eigenvalue weighted by Crippen LogP contribution is 2.29. The minimum absolute atomic E-state index is 0.103. The average molecular weight is 391 g/mol. The van der Waals surface area contributed by atoms with Crippen LogP contribution in [0, 0.1) is 24.0 Å². The number of hydrogen-bond donors (Lipinski definition) is 3. The van der Waals surface area contributed by atoms with Crippen LogP contribution in [0.4, 0.5) is 11.4 Å². The third-order valence-electron chi connectivity index (χ3n) is 4.12. The molecule has 0 aliphatic carbocycles. The quantitative estimate of drug-likeness (QED) is 0.373. The van der Waals surface area contributed by atoms with Crippen LogP contribution in [0.3, 0.4) is 0 Å². The smallest absolute Gasteiger partial charge is 0.355 e. The van der Waals surface area contributed by atoms with E-state index in [1.807, 2.05) is 0 Å². The number of nitro groups is 1. The van der Waals surface area contributed by atoms with Crippen molar-refractivity contribution >= 4 is 23.3 Å². The summed E-state index contributed by atoms with van der Waals surface area (Å²) < 4.78 is 10.0. The second-order valence-electron chi connectivity index (χ2n) is 6.11. The number of aromatic amines is 1. The van der Waals surface area contributed by atoms with Gasteiger partial charge in [-0.05, 0) is 32.4 Å². The molecule has 3 N–H and O–H groups in total. The van der Waals surface area contributed by atoms with Gasteiger partial charge < -0.3 is 24.9 Å². The Kier molecular flexibility index (Phi) is 6.37. The van der Waals surface area contributed by atoms with Crippen LogP contribution in [0.15, 0.2) is 18.2 Å². The lowest BCUT2D eigenvalue weighted by Crippen LogP contribution is -2.21. The number of aromatic nitrogens is 1. The molecule has 10 heteroatoms. The minimum Gasteiger partial charge on any atom is -0.494 e. The lowest BCUT2D eigenvalue weighted by atomic mass is 10.1. The van der Waals surface area contributed by atoms with E-state index in [9.17, 15) is 24.8 Å². The van der Waals surface area contributed by atoms with Gasteiger partial charge in [-0.15, -0.1) is 0 Å². The number of ether oxygens (including phenoxy) is 2. The lowest BCUT2D eigenvalue weighted by Gasteiger charge is -2.10. The molecule has 1 atom stereocenters. The maximum absolute atomic E-state index is 12.2. The summed E-state index contributed by atoms with van der Waals surface area (Å²) in [5.41, 5.74) is 1.97. The second kappa shape index (κ2) is 8.53. The molecule has 10 nitrogen and oxygen atoms in total. The highest BCUT2D eigenvalue weighted by atomic mass is 16.6. The number of hydrogen-bond acceptors (Lipinski definition) is 7. The first-order valence-electron chi connectivity index (χ1n) is 8.32. The van der Waals surface area contributed by atoms with Crippen molar-refractivity contribution in [3.05, 3.63) is 50.8 Å². The predicted molar refractivity (Wildman–Crippen MR) is 99.5 cm³/mol. The Labute approximate surface area is 160 Å². The Morgan fingerprint density at radius 2 is 2.04 bits per heavy atom. The molecule has 0 unspecified atom stereocenters. The van der Waals surface area contributed by atoms with Crippen LogP contribution in [0.1, 0.15) is 40.3 Å². The summed E-state index contributed by atoms with van der Waals surface area (Å²) >= 11 is 0. The van der Waals surface area contributed by atoms with Crippen LogP contribution in [-0.2, 0) is 9.53 Å². The molecule has 0 bridgehead atoms. The molecule has 0 saturated carbocycles. The Bertz CT molecular complexity index is 918. The number of H-pyrrole nitrogens is 1. The summed E-state index contributed by atoms with van der Waals surface area (Å²) in [6.07, 6.45) is -0.754.